The second-order valence-electron chi connectivity index (χ2n) is 6.41. The molecule has 4 aromatic rings. The number of benzene rings is 1. The number of hydrogen-bond acceptors (Lipinski definition) is 8. The zero-order chi connectivity index (χ0) is 21.3. The van der Waals surface area contributed by atoms with Crippen LogP contribution < -0.4 is 9.64 Å². The van der Waals surface area contributed by atoms with Crippen molar-refractivity contribution in [3.05, 3.63) is 75.8 Å². The highest BCUT2D eigenvalue weighted by Gasteiger charge is 2.27. The third-order valence-corrected chi connectivity index (χ3v) is 5.65. The zero-order valence-corrected chi connectivity index (χ0v) is 16.9. The Morgan fingerprint density at radius 2 is 2.13 bits per heavy atom. The van der Waals surface area contributed by atoms with E-state index >= 15 is 0 Å². The Balaban J connectivity index is 1.80. The Kier molecular flexibility index (Phi) is 5.15. The van der Waals surface area contributed by atoms with Crippen molar-refractivity contribution in [2.45, 2.75) is 13.5 Å². The van der Waals surface area contributed by atoms with Gasteiger partial charge < -0.3 is 9.15 Å². The standard InChI is InChI=1S/C20H16N4O5S/c1-12-5-6-14(28-2)17-18(12)30-20(22-17)23(11-13-4-3-9-21-10-13)19(25)15-7-8-16(29-15)24(26)27/h3-10H,11H2,1-2H3. The number of nitrogens with zero attached hydrogens (tertiary/aromatic N) is 4. The van der Waals surface area contributed by atoms with Gasteiger partial charge >= 0.3 is 5.88 Å². The molecule has 3 aromatic heterocycles. The van der Waals surface area contributed by atoms with Crippen LogP contribution in [0.5, 0.6) is 5.75 Å². The number of aryl methyl sites for hydroxylation is 1. The number of fused-ring (bicyclic) bond motifs is 1. The number of aromatic nitrogens is 2. The van der Waals surface area contributed by atoms with E-state index < -0.39 is 16.7 Å². The van der Waals surface area contributed by atoms with Crippen LogP contribution in [-0.4, -0.2) is 27.9 Å². The number of hydrogen-bond donors (Lipinski definition) is 0. The molecule has 0 saturated heterocycles. The van der Waals surface area contributed by atoms with Crippen molar-refractivity contribution in [1.82, 2.24) is 9.97 Å². The monoisotopic (exact) mass is 424 g/mol. The first-order valence-corrected chi connectivity index (χ1v) is 9.68. The third kappa shape index (κ3) is 3.60. The molecular formula is C20H16N4O5S. The molecule has 0 spiro atoms. The van der Waals surface area contributed by atoms with Crippen molar-refractivity contribution in [3.8, 4) is 5.75 Å². The van der Waals surface area contributed by atoms with Crippen LogP contribution in [0.2, 0.25) is 0 Å². The quantitative estimate of drug-likeness (QED) is 0.334. The van der Waals surface area contributed by atoms with E-state index in [2.05, 4.69) is 9.97 Å². The second kappa shape index (κ2) is 7.91. The third-order valence-electron chi connectivity index (χ3n) is 4.43. The van der Waals surface area contributed by atoms with E-state index in [1.807, 2.05) is 25.1 Å². The number of methoxy groups -OCH3 is 1. The lowest BCUT2D eigenvalue weighted by Crippen LogP contribution is -2.30. The molecule has 0 aliphatic carbocycles. The summed E-state index contributed by atoms with van der Waals surface area (Å²) >= 11 is 1.33. The van der Waals surface area contributed by atoms with Crippen LogP contribution in [0, 0.1) is 17.0 Å². The van der Waals surface area contributed by atoms with E-state index in [1.54, 1.807) is 25.6 Å². The Bertz CT molecular complexity index is 1230. The predicted octanol–water partition coefficient (Wildman–Crippen LogP) is 4.36. The molecule has 152 valence electrons. The van der Waals surface area contributed by atoms with Crippen molar-refractivity contribution in [1.29, 1.82) is 0 Å². The second-order valence-corrected chi connectivity index (χ2v) is 7.38. The molecule has 0 aliphatic heterocycles. The van der Waals surface area contributed by atoms with Gasteiger partial charge in [-0.15, -0.1) is 0 Å². The molecule has 9 nitrogen and oxygen atoms in total. The number of carbonyl (C=O) groups excluding carboxylic acids is 1. The molecular weight excluding hydrogens is 408 g/mol. The molecule has 0 aliphatic rings. The van der Waals surface area contributed by atoms with Gasteiger partial charge in [0.15, 0.2) is 10.9 Å². The molecule has 0 bridgehead atoms. The smallest absolute Gasteiger partial charge is 0.433 e. The summed E-state index contributed by atoms with van der Waals surface area (Å²) in [6.45, 7) is 2.12. The van der Waals surface area contributed by atoms with Crippen LogP contribution in [0.15, 0.2) is 53.2 Å². The largest absolute Gasteiger partial charge is 0.494 e. The molecule has 1 amide bonds. The summed E-state index contributed by atoms with van der Waals surface area (Å²) in [6, 6.07) is 9.78. The van der Waals surface area contributed by atoms with Gasteiger partial charge in [-0.2, -0.15) is 0 Å². The number of rotatable bonds is 6. The van der Waals surface area contributed by atoms with Crippen molar-refractivity contribution in [3.63, 3.8) is 0 Å². The van der Waals surface area contributed by atoms with Crippen molar-refractivity contribution in [2.24, 2.45) is 0 Å². The van der Waals surface area contributed by atoms with E-state index in [0.29, 0.717) is 16.4 Å². The fourth-order valence-corrected chi connectivity index (χ4v) is 4.00. The molecule has 0 atom stereocenters. The topological polar surface area (TPSA) is 112 Å². The van der Waals surface area contributed by atoms with Crippen molar-refractivity contribution in [2.75, 3.05) is 12.0 Å². The summed E-state index contributed by atoms with van der Waals surface area (Å²) in [5, 5.41) is 11.4. The molecule has 0 radical (unpaired) electrons. The first kappa shape index (κ1) is 19.5. The zero-order valence-electron chi connectivity index (χ0n) is 16.1. The van der Waals surface area contributed by atoms with Gasteiger partial charge in [0.05, 0.1) is 24.4 Å². The number of anilines is 1. The maximum atomic E-state index is 13.2. The van der Waals surface area contributed by atoms with Crippen LogP contribution in [0.1, 0.15) is 21.7 Å². The minimum atomic E-state index is -0.686. The minimum absolute atomic E-state index is 0.145. The molecule has 1 aromatic carbocycles. The van der Waals surface area contributed by atoms with Crippen LogP contribution in [0.25, 0.3) is 10.2 Å². The van der Waals surface area contributed by atoms with E-state index in [1.165, 1.54) is 22.3 Å². The normalized spacial score (nSPS) is 10.9. The summed E-state index contributed by atoms with van der Waals surface area (Å²) in [4.78, 5) is 33.6. The van der Waals surface area contributed by atoms with Gasteiger partial charge in [-0.25, -0.2) is 4.98 Å². The highest BCUT2D eigenvalue weighted by Crippen LogP contribution is 2.37. The Hall–Kier alpha value is -3.79. The fraction of sp³-hybridized carbons (Fsp3) is 0.150. The lowest BCUT2D eigenvalue weighted by atomic mass is 10.2. The maximum Gasteiger partial charge on any atom is 0.433 e. The van der Waals surface area contributed by atoms with Gasteiger partial charge in [-0.3, -0.25) is 24.8 Å². The first-order chi connectivity index (χ1) is 14.5. The summed E-state index contributed by atoms with van der Waals surface area (Å²) in [5.41, 5.74) is 2.42. The van der Waals surface area contributed by atoms with Gasteiger partial charge in [0.1, 0.15) is 16.2 Å². The van der Waals surface area contributed by atoms with Crippen molar-refractivity contribution < 1.29 is 18.9 Å². The Labute approximate surface area is 174 Å². The summed E-state index contributed by atoms with van der Waals surface area (Å²) < 4.78 is 11.4. The number of ether oxygens (including phenoxy) is 1. The predicted molar refractivity (Wildman–Crippen MR) is 111 cm³/mol. The number of carbonyl (C=O) groups is 1. The molecule has 4 rings (SSSR count). The fourth-order valence-electron chi connectivity index (χ4n) is 2.95. The SMILES string of the molecule is COc1ccc(C)c2sc(N(Cc3cccnc3)C(=O)c3ccc([N+](=O)[O-])o3)nc12. The first-order valence-electron chi connectivity index (χ1n) is 8.87. The average Bonchev–Trinajstić information content (AvgIpc) is 3.41. The van der Waals surface area contributed by atoms with Gasteiger partial charge in [-0.1, -0.05) is 23.5 Å². The van der Waals surface area contributed by atoms with E-state index in [9.17, 15) is 14.9 Å². The average molecular weight is 424 g/mol. The number of amides is 1. The van der Waals surface area contributed by atoms with Crippen molar-refractivity contribution >= 4 is 38.5 Å². The Morgan fingerprint density at radius 1 is 1.30 bits per heavy atom. The van der Waals surface area contributed by atoms with E-state index in [0.717, 1.165) is 21.9 Å². The number of thiazole rings is 1. The van der Waals surface area contributed by atoms with Gasteiger partial charge in [-0.05, 0) is 36.2 Å². The highest BCUT2D eigenvalue weighted by molar-refractivity contribution is 7.22. The molecule has 30 heavy (non-hydrogen) atoms. The van der Waals surface area contributed by atoms with E-state index in [4.69, 9.17) is 9.15 Å². The van der Waals surface area contributed by atoms with Gasteiger partial charge in [0.2, 0.25) is 0 Å². The lowest BCUT2D eigenvalue weighted by molar-refractivity contribution is -0.402. The van der Waals surface area contributed by atoms with E-state index in [-0.39, 0.29) is 12.3 Å². The molecule has 0 saturated carbocycles. The molecule has 10 heteroatoms. The van der Waals surface area contributed by atoms with Crippen LogP contribution in [-0.2, 0) is 6.54 Å². The molecule has 0 fully saturated rings. The maximum absolute atomic E-state index is 13.2. The number of nitro groups is 1. The van der Waals surface area contributed by atoms with Crippen LogP contribution in [0.3, 0.4) is 0 Å². The minimum Gasteiger partial charge on any atom is -0.494 e. The van der Waals surface area contributed by atoms with Crippen LogP contribution in [0.4, 0.5) is 11.0 Å². The van der Waals surface area contributed by atoms with Crippen LogP contribution >= 0.6 is 11.3 Å². The van der Waals surface area contributed by atoms with Gasteiger partial charge in [0, 0.05) is 12.4 Å². The summed E-state index contributed by atoms with van der Waals surface area (Å²) in [5.74, 6) is -0.585. The van der Waals surface area contributed by atoms with Gasteiger partial charge in [0.25, 0.3) is 5.91 Å². The number of pyridine rings is 1. The summed E-state index contributed by atoms with van der Waals surface area (Å²) in [7, 11) is 1.56. The Morgan fingerprint density at radius 3 is 2.80 bits per heavy atom. The molecule has 3 heterocycles. The molecule has 0 unspecified atom stereocenters. The number of furan rings is 1. The molecule has 0 N–H and O–H groups in total. The highest BCUT2D eigenvalue weighted by atomic mass is 32.1. The summed E-state index contributed by atoms with van der Waals surface area (Å²) in [6.07, 6.45) is 3.28. The lowest BCUT2D eigenvalue weighted by Gasteiger charge is -2.18.